The quantitative estimate of drug-likeness (QED) is 0.428. The molecule has 0 amide bonds. The minimum Gasteiger partial charge on any atom is -0.481 e. The van der Waals surface area contributed by atoms with Gasteiger partial charge >= 0.3 is 5.97 Å². The van der Waals surface area contributed by atoms with E-state index < -0.39 is 18.2 Å². The topological polar surface area (TPSA) is 77.8 Å². The molecule has 0 aromatic heterocycles. The SMILES string of the molecule is CCCC1C=CC(O)C(O)C1CCCCCCCC(=O)O. The van der Waals surface area contributed by atoms with Gasteiger partial charge in [0.1, 0.15) is 0 Å². The summed E-state index contributed by atoms with van der Waals surface area (Å²) >= 11 is 0. The van der Waals surface area contributed by atoms with Crippen LogP contribution in [0.3, 0.4) is 0 Å². The summed E-state index contributed by atoms with van der Waals surface area (Å²) < 4.78 is 0. The maximum Gasteiger partial charge on any atom is 0.303 e. The van der Waals surface area contributed by atoms with Crippen LogP contribution in [0.4, 0.5) is 0 Å². The zero-order chi connectivity index (χ0) is 15.7. The van der Waals surface area contributed by atoms with Crippen molar-refractivity contribution in [1.82, 2.24) is 0 Å². The van der Waals surface area contributed by atoms with Crippen LogP contribution >= 0.6 is 0 Å². The maximum atomic E-state index is 10.4. The Morgan fingerprint density at radius 1 is 1.00 bits per heavy atom. The van der Waals surface area contributed by atoms with Crippen molar-refractivity contribution >= 4 is 5.97 Å². The minimum atomic E-state index is -0.723. The smallest absolute Gasteiger partial charge is 0.303 e. The number of allylic oxidation sites excluding steroid dienone is 1. The third-order valence-electron chi connectivity index (χ3n) is 4.44. The molecule has 0 saturated carbocycles. The second-order valence-corrected chi connectivity index (χ2v) is 6.18. The second-order valence-electron chi connectivity index (χ2n) is 6.18. The lowest BCUT2D eigenvalue weighted by atomic mass is 9.75. The summed E-state index contributed by atoms with van der Waals surface area (Å²) in [4.78, 5) is 10.4. The highest BCUT2D eigenvalue weighted by atomic mass is 16.4. The van der Waals surface area contributed by atoms with Crippen LogP contribution in [0.2, 0.25) is 0 Å². The van der Waals surface area contributed by atoms with E-state index in [1.54, 1.807) is 6.08 Å². The van der Waals surface area contributed by atoms with E-state index in [0.29, 0.717) is 5.92 Å². The van der Waals surface area contributed by atoms with E-state index in [-0.39, 0.29) is 12.3 Å². The molecule has 1 aliphatic carbocycles. The van der Waals surface area contributed by atoms with E-state index in [9.17, 15) is 15.0 Å². The molecular formula is C17H30O4. The van der Waals surface area contributed by atoms with Gasteiger partial charge in [-0.25, -0.2) is 0 Å². The Bertz CT molecular complexity index is 327. The van der Waals surface area contributed by atoms with Crippen LogP contribution in [-0.4, -0.2) is 33.5 Å². The normalized spacial score (nSPS) is 28.7. The second kappa shape index (κ2) is 9.96. The van der Waals surface area contributed by atoms with E-state index in [0.717, 1.165) is 51.4 Å². The van der Waals surface area contributed by atoms with Gasteiger partial charge < -0.3 is 15.3 Å². The first-order chi connectivity index (χ1) is 10.1. The average molecular weight is 298 g/mol. The lowest BCUT2D eigenvalue weighted by Gasteiger charge is -2.34. The number of aliphatic hydroxyl groups excluding tert-OH is 2. The van der Waals surface area contributed by atoms with Crippen LogP contribution in [0.15, 0.2) is 12.2 Å². The molecule has 1 rings (SSSR count). The van der Waals surface area contributed by atoms with Gasteiger partial charge in [0.05, 0.1) is 12.2 Å². The van der Waals surface area contributed by atoms with Crippen molar-refractivity contribution in [2.24, 2.45) is 11.8 Å². The van der Waals surface area contributed by atoms with Gasteiger partial charge in [0.2, 0.25) is 0 Å². The highest BCUT2D eigenvalue weighted by Crippen LogP contribution is 2.33. The molecule has 0 radical (unpaired) electrons. The van der Waals surface area contributed by atoms with Crippen LogP contribution in [0.25, 0.3) is 0 Å². The molecular weight excluding hydrogens is 268 g/mol. The molecule has 4 heteroatoms. The number of aliphatic carboxylic acids is 1. The molecule has 21 heavy (non-hydrogen) atoms. The van der Waals surface area contributed by atoms with Crippen LogP contribution in [0, 0.1) is 11.8 Å². The molecule has 0 saturated heterocycles. The Kier molecular flexibility index (Phi) is 8.62. The molecule has 0 aliphatic heterocycles. The fraction of sp³-hybridized carbons (Fsp3) is 0.824. The summed E-state index contributed by atoms with van der Waals surface area (Å²) in [6, 6.07) is 0. The summed E-state index contributed by atoms with van der Waals surface area (Å²) in [7, 11) is 0. The zero-order valence-corrected chi connectivity index (χ0v) is 13.1. The highest BCUT2D eigenvalue weighted by Gasteiger charge is 2.33. The molecule has 0 heterocycles. The van der Waals surface area contributed by atoms with Crippen LogP contribution in [0.1, 0.15) is 64.7 Å². The van der Waals surface area contributed by atoms with Crippen molar-refractivity contribution in [2.45, 2.75) is 76.9 Å². The molecule has 4 atom stereocenters. The standard InChI is InChI=1S/C17H30O4/c1-2-8-13-11-12-15(18)17(21)14(13)9-6-4-3-5-7-10-16(19)20/h11-15,17-18,21H,2-10H2,1H3,(H,19,20). The Morgan fingerprint density at radius 3 is 2.33 bits per heavy atom. The van der Waals surface area contributed by atoms with Gasteiger partial charge in [-0.15, -0.1) is 0 Å². The lowest BCUT2D eigenvalue weighted by Crippen LogP contribution is -2.39. The Balaban J connectivity index is 2.24. The van der Waals surface area contributed by atoms with Crippen molar-refractivity contribution in [3.8, 4) is 0 Å². The highest BCUT2D eigenvalue weighted by molar-refractivity contribution is 5.66. The Morgan fingerprint density at radius 2 is 1.67 bits per heavy atom. The number of carboxylic acids is 1. The molecule has 0 aromatic carbocycles. The third-order valence-corrected chi connectivity index (χ3v) is 4.44. The summed E-state index contributed by atoms with van der Waals surface area (Å²) in [5.41, 5.74) is 0. The molecule has 1 aliphatic rings. The maximum absolute atomic E-state index is 10.4. The van der Waals surface area contributed by atoms with Gasteiger partial charge in [0.15, 0.2) is 0 Å². The summed E-state index contributed by atoms with van der Waals surface area (Å²) in [5.74, 6) is -0.187. The van der Waals surface area contributed by atoms with Gasteiger partial charge in [-0.05, 0) is 31.1 Å². The number of hydrogen-bond acceptors (Lipinski definition) is 3. The fourth-order valence-corrected chi connectivity index (χ4v) is 3.23. The fourth-order valence-electron chi connectivity index (χ4n) is 3.23. The number of carbonyl (C=O) groups is 1. The number of aliphatic hydroxyl groups is 2. The van der Waals surface area contributed by atoms with Crippen molar-refractivity contribution in [2.75, 3.05) is 0 Å². The number of unbranched alkanes of at least 4 members (excludes halogenated alkanes) is 4. The Hall–Kier alpha value is -0.870. The largest absolute Gasteiger partial charge is 0.481 e. The van der Waals surface area contributed by atoms with E-state index in [1.807, 2.05) is 0 Å². The van der Waals surface area contributed by atoms with Gasteiger partial charge in [-0.1, -0.05) is 51.2 Å². The van der Waals surface area contributed by atoms with Crippen LogP contribution < -0.4 is 0 Å². The van der Waals surface area contributed by atoms with Gasteiger partial charge in [-0.3, -0.25) is 4.79 Å². The van der Waals surface area contributed by atoms with E-state index >= 15 is 0 Å². The molecule has 122 valence electrons. The molecule has 3 N–H and O–H groups in total. The third kappa shape index (κ3) is 6.62. The van der Waals surface area contributed by atoms with Gasteiger partial charge in [0, 0.05) is 6.42 Å². The first-order valence-electron chi connectivity index (χ1n) is 8.32. The minimum absolute atomic E-state index is 0.156. The summed E-state index contributed by atoms with van der Waals surface area (Å²) in [5, 5.41) is 28.5. The lowest BCUT2D eigenvalue weighted by molar-refractivity contribution is -0.137. The van der Waals surface area contributed by atoms with E-state index in [4.69, 9.17) is 5.11 Å². The van der Waals surface area contributed by atoms with E-state index in [2.05, 4.69) is 13.0 Å². The average Bonchev–Trinajstić information content (AvgIpc) is 2.44. The Labute approximate surface area is 127 Å². The number of carboxylic acid groups (broad SMARTS) is 1. The van der Waals surface area contributed by atoms with Gasteiger partial charge in [-0.2, -0.15) is 0 Å². The molecule has 0 fully saturated rings. The summed E-state index contributed by atoms with van der Waals surface area (Å²) in [6.45, 7) is 2.14. The number of hydrogen-bond donors (Lipinski definition) is 3. The summed E-state index contributed by atoms with van der Waals surface area (Å²) in [6.07, 6.45) is 10.6. The monoisotopic (exact) mass is 298 g/mol. The molecule has 0 bridgehead atoms. The number of rotatable bonds is 10. The molecule has 4 unspecified atom stereocenters. The predicted octanol–water partition coefficient (Wildman–Crippen LogP) is 3.13. The van der Waals surface area contributed by atoms with Crippen molar-refractivity contribution in [3.05, 3.63) is 12.2 Å². The van der Waals surface area contributed by atoms with Gasteiger partial charge in [0.25, 0.3) is 0 Å². The first kappa shape index (κ1) is 18.2. The van der Waals surface area contributed by atoms with Crippen molar-refractivity contribution in [1.29, 1.82) is 0 Å². The van der Waals surface area contributed by atoms with E-state index in [1.165, 1.54) is 0 Å². The van der Waals surface area contributed by atoms with Crippen LogP contribution in [0.5, 0.6) is 0 Å². The molecule has 4 nitrogen and oxygen atoms in total. The predicted molar refractivity (Wildman–Crippen MR) is 83.0 cm³/mol. The van der Waals surface area contributed by atoms with Crippen molar-refractivity contribution in [3.63, 3.8) is 0 Å². The first-order valence-corrected chi connectivity index (χ1v) is 8.32. The zero-order valence-electron chi connectivity index (χ0n) is 13.1. The molecule has 0 spiro atoms. The molecule has 0 aromatic rings. The van der Waals surface area contributed by atoms with Crippen LogP contribution in [-0.2, 0) is 4.79 Å². The van der Waals surface area contributed by atoms with Crippen molar-refractivity contribution < 1.29 is 20.1 Å².